The van der Waals surface area contributed by atoms with Crippen LogP contribution >= 0.6 is 0 Å². The summed E-state index contributed by atoms with van der Waals surface area (Å²) in [7, 11) is -2.03. The first kappa shape index (κ1) is 22.6. The van der Waals surface area contributed by atoms with E-state index in [4.69, 9.17) is 9.47 Å². The van der Waals surface area contributed by atoms with Crippen LogP contribution in [-0.2, 0) is 25.1 Å². The summed E-state index contributed by atoms with van der Waals surface area (Å²) in [6.07, 6.45) is 0. The summed E-state index contributed by atoms with van der Waals surface area (Å²) in [6, 6.07) is 14.6. The number of methoxy groups -OCH3 is 1. The first-order chi connectivity index (χ1) is 16.5. The minimum Gasteiger partial charge on any atom is -0.383 e. The van der Waals surface area contributed by atoms with Crippen molar-refractivity contribution < 1.29 is 24.1 Å². The van der Waals surface area contributed by atoms with E-state index in [1.807, 2.05) is 36.4 Å². The third-order valence-corrected chi connectivity index (χ3v) is 7.72. The molecule has 0 atom stereocenters. The Labute approximate surface area is 199 Å². The number of benzene rings is 2. The first-order valence-electron chi connectivity index (χ1n) is 11.1. The molecule has 34 heavy (non-hydrogen) atoms. The number of para-hydroxylation sites is 1. The summed E-state index contributed by atoms with van der Waals surface area (Å²) >= 11 is 0. The fourth-order valence-corrected chi connectivity index (χ4v) is 5.94. The molecule has 9 nitrogen and oxygen atoms in total. The fourth-order valence-electron chi connectivity index (χ4n) is 4.37. The minimum absolute atomic E-state index is 0. The smallest absolute Gasteiger partial charge is 0.274 e. The van der Waals surface area contributed by atoms with E-state index in [1.54, 1.807) is 28.8 Å². The van der Waals surface area contributed by atoms with Crippen molar-refractivity contribution in [2.45, 2.75) is 10.6 Å². The highest BCUT2D eigenvalue weighted by atomic mass is 32.2. The van der Waals surface area contributed by atoms with Crippen LogP contribution in [0.15, 0.2) is 53.4 Å². The highest BCUT2D eigenvalue weighted by Crippen LogP contribution is 2.42. The lowest BCUT2D eigenvalue weighted by Crippen LogP contribution is -2.41. The molecule has 2 aliphatic rings. The molecule has 0 spiro atoms. The molecule has 1 N–H and O–H groups in total. The van der Waals surface area contributed by atoms with E-state index in [0.29, 0.717) is 56.3 Å². The molecule has 10 heteroatoms. The average Bonchev–Trinajstić information content (AvgIpc) is 3.23. The van der Waals surface area contributed by atoms with Gasteiger partial charge in [-0.15, -0.1) is 0 Å². The van der Waals surface area contributed by atoms with E-state index in [9.17, 15) is 13.2 Å². The van der Waals surface area contributed by atoms with Crippen molar-refractivity contribution in [3.63, 3.8) is 0 Å². The number of carbonyl (C=O) groups is 1. The molecule has 2 aromatic carbocycles. The Morgan fingerprint density at radius 2 is 1.94 bits per heavy atom. The summed E-state index contributed by atoms with van der Waals surface area (Å²) in [5, 5.41) is 7.94. The maximum absolute atomic E-state index is 13.5. The summed E-state index contributed by atoms with van der Waals surface area (Å²) < 4.78 is 38.7. The molecule has 0 radical (unpaired) electrons. The number of aromatic nitrogens is 2. The van der Waals surface area contributed by atoms with Gasteiger partial charge in [-0.25, -0.2) is 13.1 Å². The van der Waals surface area contributed by atoms with E-state index >= 15 is 0 Å². The number of hydrogen-bond acceptors (Lipinski definition) is 7. The van der Waals surface area contributed by atoms with Gasteiger partial charge in [0.25, 0.3) is 5.91 Å². The van der Waals surface area contributed by atoms with Crippen LogP contribution in [0.2, 0.25) is 0 Å². The SMILES string of the molecule is COCCNc1ccc2c(c1)-c1c(c(C(=O)N3CCOCC3)nn1-c1ccccc1)CS2(=O)=O.[HH]. The highest BCUT2D eigenvalue weighted by Gasteiger charge is 2.37. The quantitative estimate of drug-likeness (QED) is 0.537. The Bertz CT molecular complexity index is 1320. The molecule has 180 valence electrons. The van der Waals surface area contributed by atoms with Crippen molar-refractivity contribution in [1.29, 1.82) is 0 Å². The molecular weight excluding hydrogens is 456 g/mol. The Hall–Kier alpha value is -3.21. The van der Waals surface area contributed by atoms with Crippen LogP contribution in [0, 0.1) is 0 Å². The van der Waals surface area contributed by atoms with Crippen LogP contribution in [-0.4, -0.2) is 75.6 Å². The van der Waals surface area contributed by atoms with Gasteiger partial charge in [0.05, 0.1) is 41.9 Å². The molecule has 0 saturated carbocycles. The molecule has 5 rings (SSSR count). The summed E-state index contributed by atoms with van der Waals surface area (Å²) in [6.45, 7) is 2.88. The average molecular weight is 485 g/mol. The normalized spacial score (nSPS) is 16.6. The van der Waals surface area contributed by atoms with Gasteiger partial charge in [-0.2, -0.15) is 5.10 Å². The lowest BCUT2D eigenvalue weighted by Gasteiger charge is -2.26. The number of amides is 1. The summed E-state index contributed by atoms with van der Waals surface area (Å²) in [5.74, 6) is -0.549. The molecule has 3 heterocycles. The number of carbonyl (C=O) groups excluding carboxylic acids is 1. The molecule has 1 amide bonds. The lowest BCUT2D eigenvalue weighted by atomic mass is 10.0. The van der Waals surface area contributed by atoms with Crippen LogP contribution < -0.4 is 5.32 Å². The van der Waals surface area contributed by atoms with E-state index in [0.717, 1.165) is 11.4 Å². The number of nitrogens with zero attached hydrogens (tertiary/aromatic N) is 3. The molecule has 0 bridgehead atoms. The zero-order valence-electron chi connectivity index (χ0n) is 18.9. The maximum Gasteiger partial charge on any atom is 0.274 e. The molecule has 1 saturated heterocycles. The van der Waals surface area contributed by atoms with Crippen molar-refractivity contribution in [3.8, 4) is 16.9 Å². The Balaban J connectivity index is 0.00000289. The third kappa shape index (κ3) is 4.08. The van der Waals surface area contributed by atoms with Gasteiger partial charge in [-0.1, -0.05) is 18.2 Å². The zero-order chi connectivity index (χ0) is 23.7. The van der Waals surface area contributed by atoms with Crippen molar-refractivity contribution in [2.75, 3.05) is 51.9 Å². The Kier molecular flexibility index (Phi) is 6.11. The number of fused-ring (bicyclic) bond motifs is 3. The van der Waals surface area contributed by atoms with Crippen molar-refractivity contribution in [2.24, 2.45) is 0 Å². The minimum atomic E-state index is -3.65. The monoisotopic (exact) mass is 484 g/mol. The number of anilines is 1. The van der Waals surface area contributed by atoms with E-state index in [-0.39, 0.29) is 23.7 Å². The molecule has 1 aromatic heterocycles. The topological polar surface area (TPSA) is 103 Å². The predicted octanol–water partition coefficient (Wildman–Crippen LogP) is 2.60. The number of rotatable bonds is 6. The lowest BCUT2D eigenvalue weighted by molar-refractivity contribution is 0.0298. The molecule has 0 aliphatic carbocycles. The third-order valence-electron chi connectivity index (χ3n) is 6.02. The standard InChI is InChI=1S/C24H26N4O5S.H2/c1-32-12-9-25-17-7-8-21-19(15-17)23-20(16-34(21,30)31)22(24(29)27-10-13-33-14-11-27)26-28(23)18-5-3-2-4-6-18;/h2-8,15,25H,9-14,16H2,1H3;1H. The van der Waals surface area contributed by atoms with E-state index in [2.05, 4.69) is 10.4 Å². The van der Waals surface area contributed by atoms with E-state index < -0.39 is 9.84 Å². The fraction of sp³-hybridized carbons (Fsp3) is 0.333. The second kappa shape index (κ2) is 9.21. The second-order valence-corrected chi connectivity index (χ2v) is 10.2. The predicted molar refractivity (Wildman–Crippen MR) is 129 cm³/mol. The highest BCUT2D eigenvalue weighted by molar-refractivity contribution is 7.90. The summed E-state index contributed by atoms with van der Waals surface area (Å²) in [5.41, 5.74) is 3.28. The number of hydrogen-bond donors (Lipinski definition) is 1. The van der Waals surface area contributed by atoms with Gasteiger partial charge < -0.3 is 19.7 Å². The molecule has 1 fully saturated rings. The molecular formula is C24H28N4O5S. The van der Waals surface area contributed by atoms with Gasteiger partial charge in [-0.05, 0) is 30.3 Å². The number of sulfone groups is 1. The summed E-state index contributed by atoms with van der Waals surface area (Å²) in [4.78, 5) is 15.4. The zero-order valence-corrected chi connectivity index (χ0v) is 19.7. The number of ether oxygens (including phenoxy) is 2. The Morgan fingerprint density at radius 1 is 1.18 bits per heavy atom. The van der Waals surface area contributed by atoms with Gasteiger partial charge in [0, 0.05) is 45.0 Å². The van der Waals surface area contributed by atoms with Crippen LogP contribution in [0.1, 0.15) is 17.5 Å². The van der Waals surface area contributed by atoms with E-state index in [1.165, 1.54) is 0 Å². The van der Waals surface area contributed by atoms with Gasteiger partial charge in [-0.3, -0.25) is 4.79 Å². The van der Waals surface area contributed by atoms with Crippen LogP contribution in [0.5, 0.6) is 0 Å². The molecule has 3 aromatic rings. The van der Waals surface area contributed by atoms with Crippen molar-refractivity contribution >= 4 is 21.4 Å². The van der Waals surface area contributed by atoms with Crippen LogP contribution in [0.4, 0.5) is 5.69 Å². The first-order valence-corrected chi connectivity index (χ1v) is 12.8. The number of morpholine rings is 1. The number of nitrogens with one attached hydrogen (secondary N) is 1. The largest absolute Gasteiger partial charge is 0.383 e. The van der Waals surface area contributed by atoms with Gasteiger partial charge >= 0.3 is 0 Å². The Morgan fingerprint density at radius 3 is 2.68 bits per heavy atom. The molecule has 0 unspecified atom stereocenters. The van der Waals surface area contributed by atoms with Crippen LogP contribution in [0.25, 0.3) is 16.9 Å². The van der Waals surface area contributed by atoms with Gasteiger partial charge in [0.2, 0.25) is 0 Å². The van der Waals surface area contributed by atoms with Gasteiger partial charge in [0.15, 0.2) is 15.5 Å². The molecule has 2 aliphatic heterocycles. The maximum atomic E-state index is 13.5. The van der Waals surface area contributed by atoms with Crippen molar-refractivity contribution in [3.05, 3.63) is 59.8 Å². The van der Waals surface area contributed by atoms with Gasteiger partial charge in [0.1, 0.15) is 0 Å². The van der Waals surface area contributed by atoms with Crippen LogP contribution in [0.3, 0.4) is 0 Å². The second-order valence-electron chi connectivity index (χ2n) is 8.22. The van der Waals surface area contributed by atoms with Crippen molar-refractivity contribution in [1.82, 2.24) is 14.7 Å².